The first-order chi connectivity index (χ1) is 12.1. The monoisotopic (exact) mass is 347 g/mol. The average molecular weight is 347 g/mol. The van der Waals surface area contributed by atoms with Gasteiger partial charge in [-0.1, -0.05) is 25.7 Å². The number of rotatable bonds is 5. The molecule has 0 aromatic carbocycles. The second-order valence-corrected chi connectivity index (χ2v) is 9.51. The van der Waals surface area contributed by atoms with Crippen LogP contribution in [0.3, 0.4) is 0 Å². The molecule has 0 radical (unpaired) electrons. The van der Waals surface area contributed by atoms with Crippen molar-refractivity contribution >= 4 is 11.9 Å². The lowest BCUT2D eigenvalue weighted by Gasteiger charge is -2.56. The first-order valence-electron chi connectivity index (χ1n) is 10.6. The summed E-state index contributed by atoms with van der Waals surface area (Å²) < 4.78 is 5.36. The number of hydrogen-bond donors (Lipinski definition) is 1. The molecule has 0 aromatic rings. The van der Waals surface area contributed by atoms with Gasteiger partial charge in [0.05, 0.1) is 6.42 Å². The summed E-state index contributed by atoms with van der Waals surface area (Å²) in [5.41, 5.74) is 0.198. The minimum Gasteiger partial charge on any atom is -0.456 e. The Morgan fingerprint density at radius 3 is 2.00 bits per heavy atom. The molecule has 1 N–H and O–H groups in total. The molecule has 0 unspecified atom stereocenters. The Kier molecular flexibility index (Phi) is 5.06. The van der Waals surface area contributed by atoms with E-state index in [4.69, 9.17) is 4.74 Å². The predicted molar refractivity (Wildman–Crippen MR) is 95.8 cm³/mol. The first-order valence-corrected chi connectivity index (χ1v) is 10.6. The molecule has 5 rings (SSSR count). The molecule has 5 saturated carbocycles. The molecular weight excluding hydrogens is 314 g/mol. The van der Waals surface area contributed by atoms with E-state index >= 15 is 0 Å². The topological polar surface area (TPSA) is 55.4 Å². The van der Waals surface area contributed by atoms with Gasteiger partial charge in [-0.25, -0.2) is 0 Å². The number of esters is 1. The zero-order chi connectivity index (χ0) is 17.3. The van der Waals surface area contributed by atoms with Crippen molar-refractivity contribution in [2.75, 3.05) is 6.61 Å². The lowest BCUT2D eigenvalue weighted by molar-refractivity contribution is -0.155. The van der Waals surface area contributed by atoms with Crippen LogP contribution in [-0.2, 0) is 14.3 Å². The van der Waals surface area contributed by atoms with Crippen molar-refractivity contribution in [1.29, 1.82) is 0 Å². The van der Waals surface area contributed by atoms with E-state index in [1.54, 1.807) is 0 Å². The number of carbonyl (C=O) groups is 2. The predicted octanol–water partition coefficient (Wildman–Crippen LogP) is 3.98. The molecule has 4 heteroatoms. The number of amides is 1. The molecule has 25 heavy (non-hydrogen) atoms. The molecule has 0 saturated heterocycles. The van der Waals surface area contributed by atoms with Gasteiger partial charge in [-0.15, -0.1) is 0 Å². The summed E-state index contributed by atoms with van der Waals surface area (Å²) in [6.45, 7) is -0.0955. The van der Waals surface area contributed by atoms with Gasteiger partial charge in [0.2, 0.25) is 0 Å². The first kappa shape index (κ1) is 17.4. The molecule has 5 fully saturated rings. The van der Waals surface area contributed by atoms with Crippen molar-refractivity contribution in [3.63, 3.8) is 0 Å². The van der Waals surface area contributed by atoms with E-state index in [1.165, 1.54) is 64.2 Å². The van der Waals surface area contributed by atoms with Gasteiger partial charge in [-0.3, -0.25) is 9.59 Å². The van der Waals surface area contributed by atoms with Gasteiger partial charge >= 0.3 is 5.97 Å². The van der Waals surface area contributed by atoms with Crippen molar-refractivity contribution in [2.24, 2.45) is 23.2 Å². The maximum Gasteiger partial charge on any atom is 0.306 e. The van der Waals surface area contributed by atoms with Crippen LogP contribution in [0, 0.1) is 23.2 Å². The SMILES string of the molecule is O=C(COC(=O)CC12CC3CC(CC(C3)C1)C2)NC1CCCCCC1. The molecule has 140 valence electrons. The van der Waals surface area contributed by atoms with E-state index in [9.17, 15) is 9.59 Å². The van der Waals surface area contributed by atoms with Crippen LogP contribution in [0.2, 0.25) is 0 Å². The summed E-state index contributed by atoms with van der Waals surface area (Å²) >= 11 is 0. The summed E-state index contributed by atoms with van der Waals surface area (Å²) in [5, 5.41) is 3.06. The summed E-state index contributed by atoms with van der Waals surface area (Å²) in [5.74, 6) is 2.26. The lowest BCUT2D eigenvalue weighted by Crippen LogP contribution is -2.47. The van der Waals surface area contributed by atoms with Crippen LogP contribution in [0.4, 0.5) is 0 Å². The smallest absolute Gasteiger partial charge is 0.306 e. The molecule has 0 atom stereocenters. The Morgan fingerprint density at radius 1 is 0.880 bits per heavy atom. The highest BCUT2D eigenvalue weighted by molar-refractivity contribution is 5.80. The number of ether oxygens (including phenoxy) is 1. The second kappa shape index (κ2) is 7.28. The standard InChI is InChI=1S/C21H33NO3/c23-19(22-18-5-3-1-2-4-6-18)14-25-20(24)13-21-10-15-7-16(11-21)9-17(8-15)12-21/h15-18H,1-14H2,(H,22,23). The molecule has 4 nitrogen and oxygen atoms in total. The second-order valence-electron chi connectivity index (χ2n) is 9.51. The number of hydrogen-bond acceptors (Lipinski definition) is 3. The van der Waals surface area contributed by atoms with Gasteiger partial charge < -0.3 is 10.1 Å². The third-order valence-electron chi connectivity index (χ3n) is 7.27. The van der Waals surface area contributed by atoms with Crippen LogP contribution in [0.5, 0.6) is 0 Å². The molecule has 0 heterocycles. The molecule has 5 aliphatic rings. The van der Waals surface area contributed by atoms with Gasteiger partial charge in [0, 0.05) is 6.04 Å². The fourth-order valence-electron chi connectivity index (χ4n) is 6.70. The zero-order valence-electron chi connectivity index (χ0n) is 15.4. The van der Waals surface area contributed by atoms with Gasteiger partial charge in [-0.2, -0.15) is 0 Å². The largest absolute Gasteiger partial charge is 0.456 e. The minimum absolute atomic E-state index is 0.0955. The van der Waals surface area contributed by atoms with Gasteiger partial charge in [0.15, 0.2) is 6.61 Å². The molecule has 0 spiro atoms. The highest BCUT2D eigenvalue weighted by Gasteiger charge is 2.51. The van der Waals surface area contributed by atoms with Crippen LogP contribution >= 0.6 is 0 Å². The van der Waals surface area contributed by atoms with E-state index in [0.717, 1.165) is 30.6 Å². The lowest BCUT2D eigenvalue weighted by atomic mass is 9.49. The van der Waals surface area contributed by atoms with Crippen molar-refractivity contribution in [3.05, 3.63) is 0 Å². The minimum atomic E-state index is -0.155. The average Bonchev–Trinajstić information content (AvgIpc) is 2.80. The fraction of sp³-hybridized carbons (Fsp3) is 0.905. The summed E-state index contributed by atoms with van der Waals surface area (Å²) in [7, 11) is 0. The molecular formula is C21H33NO3. The highest BCUT2D eigenvalue weighted by atomic mass is 16.5. The van der Waals surface area contributed by atoms with Crippen molar-refractivity contribution in [1.82, 2.24) is 5.32 Å². The Balaban J connectivity index is 1.22. The van der Waals surface area contributed by atoms with Gasteiger partial charge in [-0.05, 0) is 74.5 Å². The highest BCUT2D eigenvalue weighted by Crippen LogP contribution is 2.61. The molecule has 1 amide bonds. The molecule has 0 aromatic heterocycles. The van der Waals surface area contributed by atoms with Gasteiger partial charge in [0.1, 0.15) is 0 Å². The van der Waals surface area contributed by atoms with E-state index < -0.39 is 0 Å². The normalized spacial score (nSPS) is 37.5. The van der Waals surface area contributed by atoms with Gasteiger partial charge in [0.25, 0.3) is 5.91 Å². The fourth-order valence-corrected chi connectivity index (χ4v) is 6.70. The summed E-state index contributed by atoms with van der Waals surface area (Å²) in [4.78, 5) is 24.5. The van der Waals surface area contributed by atoms with Crippen LogP contribution in [0.1, 0.15) is 83.5 Å². The summed E-state index contributed by atoms with van der Waals surface area (Å²) in [6.07, 6.45) is 15.4. The molecule has 4 bridgehead atoms. The molecule has 0 aliphatic heterocycles. The Hall–Kier alpha value is -1.06. The van der Waals surface area contributed by atoms with Crippen LogP contribution in [0.15, 0.2) is 0 Å². The van der Waals surface area contributed by atoms with E-state index in [1.807, 2.05) is 0 Å². The maximum absolute atomic E-state index is 12.4. The Bertz CT molecular complexity index is 472. The van der Waals surface area contributed by atoms with Crippen molar-refractivity contribution < 1.29 is 14.3 Å². The van der Waals surface area contributed by atoms with Crippen LogP contribution < -0.4 is 5.32 Å². The van der Waals surface area contributed by atoms with Crippen molar-refractivity contribution in [2.45, 2.75) is 89.5 Å². The van der Waals surface area contributed by atoms with Crippen LogP contribution in [0.25, 0.3) is 0 Å². The Morgan fingerprint density at radius 2 is 1.44 bits per heavy atom. The van der Waals surface area contributed by atoms with E-state index in [2.05, 4.69) is 5.32 Å². The van der Waals surface area contributed by atoms with Crippen LogP contribution in [-0.4, -0.2) is 24.5 Å². The Labute approximate surface area is 151 Å². The van der Waals surface area contributed by atoms with Crippen molar-refractivity contribution in [3.8, 4) is 0 Å². The molecule has 5 aliphatic carbocycles. The number of nitrogens with one attached hydrogen (secondary N) is 1. The third kappa shape index (κ3) is 4.20. The van der Waals surface area contributed by atoms with E-state index in [0.29, 0.717) is 6.42 Å². The summed E-state index contributed by atoms with van der Waals surface area (Å²) in [6, 6.07) is 0.275. The van der Waals surface area contributed by atoms with E-state index in [-0.39, 0.29) is 29.9 Å². The number of carbonyl (C=O) groups excluding carboxylic acids is 2. The third-order valence-corrected chi connectivity index (χ3v) is 7.27. The quantitative estimate of drug-likeness (QED) is 0.605. The zero-order valence-corrected chi connectivity index (χ0v) is 15.4. The maximum atomic E-state index is 12.4.